The fraction of sp³-hybridized carbons (Fsp3) is 0.214. The van der Waals surface area contributed by atoms with Gasteiger partial charge in [-0.25, -0.2) is 0 Å². The molecule has 0 unspecified atom stereocenters. The number of nitriles is 1. The number of thiocarbonyl (C=S) groups is 1. The standard InChI is InChI=1S/C14H10N3OS/c1-14(9-5-3-2-4-6-9)10(7-15)12(18)17-13(19)11(14)8-16/h2-6,10H,1H3,(H,17,18,19)/q-1/t10-,14+/m0/s1. The third kappa shape index (κ3) is 1.88. The van der Waals surface area contributed by atoms with Crippen LogP contribution in [0.15, 0.2) is 35.9 Å². The second-order valence-electron chi connectivity index (χ2n) is 4.44. The molecule has 0 spiro atoms. The molecule has 2 rings (SSSR count). The molecule has 1 amide bonds. The van der Waals surface area contributed by atoms with Crippen molar-refractivity contribution in [1.29, 1.82) is 5.26 Å². The number of carbonyl (C=O) groups excluding carboxylic acids is 1. The lowest BCUT2D eigenvalue weighted by atomic mass is 9.65. The molecule has 1 N–H and O–H groups in total. The minimum Gasteiger partial charge on any atom is -0.763 e. The van der Waals surface area contributed by atoms with E-state index < -0.39 is 17.2 Å². The Bertz CT molecular complexity index is 640. The summed E-state index contributed by atoms with van der Waals surface area (Å²) in [7, 11) is 0. The Morgan fingerprint density at radius 3 is 2.58 bits per heavy atom. The molecule has 94 valence electrons. The Kier molecular flexibility index (Phi) is 3.30. The number of nitrogens with one attached hydrogen (secondary N) is 1. The molecule has 1 aromatic rings. The van der Waals surface area contributed by atoms with Gasteiger partial charge < -0.3 is 10.7 Å². The zero-order valence-electron chi connectivity index (χ0n) is 10.2. The minimum atomic E-state index is -1.01. The molecular formula is C14H10N3OS-. The Balaban J connectivity index is 2.72. The number of hydrogen-bond donors (Lipinski definition) is 1. The number of amides is 1. The van der Waals surface area contributed by atoms with Crippen molar-refractivity contribution < 1.29 is 4.79 Å². The number of rotatable bonds is 1. The van der Waals surface area contributed by atoms with Crippen molar-refractivity contribution in [2.24, 2.45) is 5.92 Å². The largest absolute Gasteiger partial charge is 0.763 e. The van der Waals surface area contributed by atoms with E-state index >= 15 is 0 Å². The molecule has 1 heterocycles. The van der Waals surface area contributed by atoms with E-state index in [1.165, 1.54) is 0 Å². The molecule has 0 saturated carbocycles. The Morgan fingerprint density at radius 2 is 2.05 bits per heavy atom. The SMILES string of the molecule is C[C@]1(c2ccccc2)C(=C=[N-])C(=S)NC(=O)[C@@H]1C#N. The summed E-state index contributed by atoms with van der Waals surface area (Å²) >= 11 is 5.05. The van der Waals surface area contributed by atoms with E-state index in [9.17, 15) is 15.5 Å². The van der Waals surface area contributed by atoms with Gasteiger partial charge in [-0.05, 0) is 12.5 Å². The highest BCUT2D eigenvalue weighted by atomic mass is 32.1. The summed E-state index contributed by atoms with van der Waals surface area (Å²) in [4.78, 5) is 12.0. The number of hydrogen-bond acceptors (Lipinski definition) is 3. The van der Waals surface area contributed by atoms with E-state index in [0.29, 0.717) is 0 Å². The minimum absolute atomic E-state index is 0.102. The summed E-state index contributed by atoms with van der Waals surface area (Å²) in [5, 5.41) is 21.0. The lowest BCUT2D eigenvalue weighted by molar-refractivity contribution is -0.123. The van der Waals surface area contributed by atoms with Gasteiger partial charge in [0.2, 0.25) is 5.91 Å². The molecule has 0 aliphatic carbocycles. The average molecular weight is 268 g/mol. The van der Waals surface area contributed by atoms with Crippen molar-refractivity contribution in [3.05, 3.63) is 46.9 Å². The van der Waals surface area contributed by atoms with Crippen LogP contribution in [0.1, 0.15) is 12.5 Å². The van der Waals surface area contributed by atoms with Crippen LogP contribution >= 0.6 is 12.2 Å². The van der Waals surface area contributed by atoms with Gasteiger partial charge in [-0.3, -0.25) is 10.7 Å². The Hall–Kier alpha value is -2.28. The van der Waals surface area contributed by atoms with Crippen LogP contribution in [0.4, 0.5) is 0 Å². The lowest BCUT2D eigenvalue weighted by Gasteiger charge is -2.39. The van der Waals surface area contributed by atoms with Crippen molar-refractivity contribution in [3.63, 3.8) is 0 Å². The monoisotopic (exact) mass is 268 g/mol. The molecule has 0 radical (unpaired) electrons. The van der Waals surface area contributed by atoms with Gasteiger partial charge in [-0.1, -0.05) is 42.5 Å². The van der Waals surface area contributed by atoms with E-state index in [2.05, 4.69) is 5.32 Å². The Labute approximate surface area is 116 Å². The third-order valence-electron chi connectivity index (χ3n) is 3.44. The van der Waals surface area contributed by atoms with Crippen molar-refractivity contribution in [2.75, 3.05) is 0 Å². The average Bonchev–Trinajstić information content (AvgIpc) is 2.40. The number of carbonyl (C=O) groups is 1. The van der Waals surface area contributed by atoms with Crippen molar-refractivity contribution >= 4 is 29.0 Å². The van der Waals surface area contributed by atoms with Gasteiger partial charge in [-0.2, -0.15) is 5.26 Å². The van der Waals surface area contributed by atoms with Crippen LogP contribution < -0.4 is 5.32 Å². The molecule has 2 atom stereocenters. The zero-order chi connectivity index (χ0) is 14.0. The van der Waals surface area contributed by atoms with Crippen LogP contribution in [0.5, 0.6) is 0 Å². The van der Waals surface area contributed by atoms with Gasteiger partial charge in [0.1, 0.15) is 10.9 Å². The predicted octanol–water partition coefficient (Wildman–Crippen LogP) is 1.71. The molecule has 1 fully saturated rings. The summed E-state index contributed by atoms with van der Waals surface area (Å²) in [5.74, 6) is 0.601. The van der Waals surface area contributed by atoms with E-state index in [1.54, 1.807) is 31.2 Å². The first-order valence-electron chi connectivity index (χ1n) is 5.63. The summed E-state index contributed by atoms with van der Waals surface area (Å²) < 4.78 is 0. The van der Waals surface area contributed by atoms with Crippen LogP contribution in [0.2, 0.25) is 0 Å². The molecule has 4 nitrogen and oxygen atoms in total. The van der Waals surface area contributed by atoms with E-state index in [0.717, 1.165) is 5.56 Å². The molecule has 5 heteroatoms. The topological polar surface area (TPSA) is 75.2 Å². The fourth-order valence-electron chi connectivity index (χ4n) is 2.34. The summed E-state index contributed by atoms with van der Waals surface area (Å²) in [6, 6.07) is 11.0. The van der Waals surface area contributed by atoms with Gasteiger partial charge in [0, 0.05) is 5.57 Å². The van der Waals surface area contributed by atoms with Crippen LogP contribution in [0, 0.1) is 17.2 Å². The quantitative estimate of drug-likeness (QED) is 0.478. The molecular weight excluding hydrogens is 258 g/mol. The predicted molar refractivity (Wildman–Crippen MR) is 75.5 cm³/mol. The summed E-state index contributed by atoms with van der Waals surface area (Å²) in [6.45, 7) is 1.71. The third-order valence-corrected chi connectivity index (χ3v) is 3.74. The molecule has 19 heavy (non-hydrogen) atoms. The van der Waals surface area contributed by atoms with E-state index in [4.69, 9.17) is 12.2 Å². The van der Waals surface area contributed by atoms with Gasteiger partial charge in [-0.15, -0.1) is 0 Å². The van der Waals surface area contributed by atoms with E-state index in [-0.39, 0.29) is 10.6 Å². The maximum Gasteiger partial charge on any atom is 0.243 e. The molecule has 1 aliphatic rings. The first-order valence-corrected chi connectivity index (χ1v) is 6.04. The van der Waals surface area contributed by atoms with Gasteiger partial charge in [0.25, 0.3) is 0 Å². The van der Waals surface area contributed by atoms with Gasteiger partial charge >= 0.3 is 0 Å². The Morgan fingerprint density at radius 1 is 1.42 bits per heavy atom. The summed E-state index contributed by atoms with van der Waals surface area (Å²) in [5.41, 5.74) is -0.0281. The number of benzene rings is 1. The zero-order valence-corrected chi connectivity index (χ0v) is 11.0. The molecule has 0 bridgehead atoms. The highest BCUT2D eigenvalue weighted by Crippen LogP contribution is 2.40. The second-order valence-corrected chi connectivity index (χ2v) is 4.84. The van der Waals surface area contributed by atoms with Gasteiger partial charge in [0.05, 0.1) is 11.5 Å². The van der Waals surface area contributed by atoms with Crippen LogP contribution in [-0.4, -0.2) is 16.8 Å². The fourth-order valence-corrected chi connectivity index (χ4v) is 2.70. The van der Waals surface area contributed by atoms with Gasteiger partial charge in [0.15, 0.2) is 0 Å². The normalized spacial score (nSPS) is 26.3. The van der Waals surface area contributed by atoms with Crippen LogP contribution in [0.3, 0.4) is 0 Å². The van der Waals surface area contributed by atoms with Crippen molar-refractivity contribution in [3.8, 4) is 6.07 Å². The highest BCUT2D eigenvalue weighted by molar-refractivity contribution is 7.80. The molecule has 1 aromatic carbocycles. The van der Waals surface area contributed by atoms with E-state index in [1.807, 2.05) is 18.0 Å². The van der Waals surface area contributed by atoms with Crippen LogP contribution in [-0.2, 0) is 10.2 Å². The van der Waals surface area contributed by atoms with Crippen molar-refractivity contribution in [2.45, 2.75) is 12.3 Å². The molecule has 1 aliphatic heterocycles. The van der Waals surface area contributed by atoms with Crippen molar-refractivity contribution in [1.82, 2.24) is 5.32 Å². The first-order chi connectivity index (χ1) is 9.05. The molecule has 1 saturated heterocycles. The highest BCUT2D eigenvalue weighted by Gasteiger charge is 2.48. The van der Waals surface area contributed by atoms with Crippen LogP contribution in [0.25, 0.3) is 5.41 Å². The second kappa shape index (κ2) is 4.77. The molecule has 0 aromatic heterocycles. The smallest absolute Gasteiger partial charge is 0.243 e. The lowest BCUT2D eigenvalue weighted by Crippen LogP contribution is -2.54. The number of nitrogens with zero attached hydrogens (tertiary/aromatic N) is 2. The maximum atomic E-state index is 11.9. The summed E-state index contributed by atoms with van der Waals surface area (Å²) in [6.07, 6.45) is 0. The number of piperidine rings is 1. The first kappa shape index (κ1) is 13.2. The maximum absolute atomic E-state index is 11.9.